The Labute approximate surface area is 141 Å². The van der Waals surface area contributed by atoms with E-state index in [1.807, 2.05) is 27.7 Å². The van der Waals surface area contributed by atoms with Gasteiger partial charge >= 0.3 is 0 Å². The molecule has 1 aromatic rings. The van der Waals surface area contributed by atoms with E-state index >= 15 is 0 Å². The summed E-state index contributed by atoms with van der Waals surface area (Å²) in [6, 6.07) is 3.99. The Hall–Kier alpha value is -1.66. The Morgan fingerprint density at radius 1 is 1.22 bits per heavy atom. The molecule has 1 rings (SSSR count). The number of quaternary nitrogens is 1. The van der Waals surface area contributed by atoms with Crippen molar-refractivity contribution < 1.29 is 18.9 Å². The van der Waals surface area contributed by atoms with Crippen molar-refractivity contribution in [1.82, 2.24) is 5.32 Å². The second-order valence-electron chi connectivity index (χ2n) is 6.43. The SMILES string of the molecule is CC[NH+](CC(=O)Nc1ccc(F)c(Cl)c1)CC(=O)NC(C)(C)C. The number of carbonyl (C=O) groups is 2. The van der Waals surface area contributed by atoms with Crippen LogP contribution in [0.3, 0.4) is 0 Å². The van der Waals surface area contributed by atoms with Gasteiger partial charge in [-0.25, -0.2) is 4.39 Å². The molecule has 0 radical (unpaired) electrons. The van der Waals surface area contributed by atoms with Gasteiger partial charge in [-0.1, -0.05) is 11.6 Å². The molecule has 7 heteroatoms. The van der Waals surface area contributed by atoms with E-state index in [4.69, 9.17) is 11.6 Å². The maximum Gasteiger partial charge on any atom is 0.279 e. The van der Waals surface area contributed by atoms with E-state index in [2.05, 4.69) is 10.6 Å². The Bertz CT molecular complexity index is 573. The highest BCUT2D eigenvalue weighted by Crippen LogP contribution is 2.18. The van der Waals surface area contributed by atoms with E-state index < -0.39 is 5.82 Å². The summed E-state index contributed by atoms with van der Waals surface area (Å²) >= 11 is 5.68. The van der Waals surface area contributed by atoms with Crippen LogP contribution in [0.4, 0.5) is 10.1 Å². The molecule has 3 N–H and O–H groups in total. The molecule has 0 spiro atoms. The number of likely N-dealkylation sites (N-methyl/N-ethyl adjacent to an activating group) is 1. The minimum absolute atomic E-state index is 0.0490. The molecular formula is C16H24ClFN3O2+. The molecule has 0 aromatic heterocycles. The molecule has 0 saturated carbocycles. The first-order valence-electron chi connectivity index (χ1n) is 7.50. The first kappa shape index (κ1) is 19.4. The fraction of sp³-hybridized carbons (Fsp3) is 0.500. The van der Waals surface area contributed by atoms with Crippen molar-refractivity contribution in [3.8, 4) is 0 Å². The molecule has 1 unspecified atom stereocenters. The Kier molecular flexibility index (Phi) is 6.97. The first-order chi connectivity index (χ1) is 10.6. The number of nitrogens with one attached hydrogen (secondary N) is 3. The number of hydrogen-bond acceptors (Lipinski definition) is 2. The van der Waals surface area contributed by atoms with Crippen LogP contribution in [-0.4, -0.2) is 37.0 Å². The second kappa shape index (κ2) is 8.26. The van der Waals surface area contributed by atoms with Gasteiger partial charge in [0, 0.05) is 11.2 Å². The summed E-state index contributed by atoms with van der Waals surface area (Å²) in [7, 11) is 0. The molecule has 0 saturated heterocycles. The van der Waals surface area contributed by atoms with Gasteiger partial charge in [0.1, 0.15) is 5.82 Å². The quantitative estimate of drug-likeness (QED) is 0.727. The summed E-state index contributed by atoms with van der Waals surface area (Å²) in [5.41, 5.74) is 0.124. The third-order valence-electron chi connectivity index (χ3n) is 3.04. The average molecular weight is 345 g/mol. The van der Waals surface area contributed by atoms with E-state index in [1.54, 1.807) is 0 Å². The minimum Gasteiger partial charge on any atom is -0.347 e. The Balaban J connectivity index is 2.56. The number of anilines is 1. The molecule has 0 fully saturated rings. The zero-order valence-corrected chi connectivity index (χ0v) is 14.7. The molecule has 0 heterocycles. The highest BCUT2D eigenvalue weighted by atomic mass is 35.5. The summed E-state index contributed by atoms with van der Waals surface area (Å²) in [5, 5.41) is 5.47. The monoisotopic (exact) mass is 344 g/mol. The van der Waals surface area contributed by atoms with E-state index in [0.717, 1.165) is 4.90 Å². The predicted molar refractivity (Wildman–Crippen MR) is 89.2 cm³/mol. The molecule has 2 amide bonds. The zero-order chi connectivity index (χ0) is 17.6. The highest BCUT2D eigenvalue weighted by molar-refractivity contribution is 6.31. The molecule has 1 aromatic carbocycles. The molecule has 0 aliphatic carbocycles. The number of rotatable bonds is 6. The summed E-state index contributed by atoms with van der Waals surface area (Å²) in [5.74, 6) is -0.899. The normalized spacial score (nSPS) is 12.6. The third kappa shape index (κ3) is 7.43. The van der Waals surface area contributed by atoms with Crippen molar-refractivity contribution in [2.75, 3.05) is 25.0 Å². The molecule has 23 heavy (non-hydrogen) atoms. The molecular weight excluding hydrogens is 321 g/mol. The molecule has 0 bridgehead atoms. The van der Waals surface area contributed by atoms with Crippen LogP contribution in [0.5, 0.6) is 0 Å². The lowest BCUT2D eigenvalue weighted by atomic mass is 10.1. The van der Waals surface area contributed by atoms with Crippen LogP contribution in [0.2, 0.25) is 5.02 Å². The van der Waals surface area contributed by atoms with Gasteiger partial charge in [-0.3, -0.25) is 9.59 Å². The number of halogens is 2. The van der Waals surface area contributed by atoms with Gasteiger partial charge in [-0.05, 0) is 45.9 Å². The first-order valence-corrected chi connectivity index (χ1v) is 7.88. The van der Waals surface area contributed by atoms with Crippen LogP contribution in [0.1, 0.15) is 27.7 Å². The second-order valence-corrected chi connectivity index (χ2v) is 6.84. The van der Waals surface area contributed by atoms with E-state index in [0.29, 0.717) is 12.2 Å². The zero-order valence-electron chi connectivity index (χ0n) is 13.9. The molecule has 1 atom stereocenters. The Morgan fingerprint density at radius 3 is 2.35 bits per heavy atom. The van der Waals surface area contributed by atoms with Crippen LogP contribution in [0, 0.1) is 5.82 Å². The molecule has 5 nitrogen and oxygen atoms in total. The van der Waals surface area contributed by atoms with Gasteiger partial charge in [-0.15, -0.1) is 0 Å². The minimum atomic E-state index is -0.538. The van der Waals surface area contributed by atoms with Crippen molar-refractivity contribution in [1.29, 1.82) is 0 Å². The van der Waals surface area contributed by atoms with Gasteiger partial charge in [0.05, 0.1) is 11.6 Å². The third-order valence-corrected chi connectivity index (χ3v) is 3.33. The van der Waals surface area contributed by atoms with Gasteiger partial charge in [-0.2, -0.15) is 0 Å². The summed E-state index contributed by atoms with van der Waals surface area (Å²) in [4.78, 5) is 24.8. The van der Waals surface area contributed by atoms with E-state index in [1.165, 1.54) is 18.2 Å². The molecule has 0 aliphatic heterocycles. The summed E-state index contributed by atoms with van der Waals surface area (Å²) in [6.45, 7) is 8.61. The van der Waals surface area contributed by atoms with Crippen molar-refractivity contribution in [2.45, 2.75) is 33.2 Å². The average Bonchev–Trinajstić information content (AvgIpc) is 2.40. The van der Waals surface area contributed by atoms with Crippen molar-refractivity contribution >= 4 is 29.1 Å². The van der Waals surface area contributed by atoms with E-state index in [-0.39, 0.29) is 35.5 Å². The topological polar surface area (TPSA) is 62.6 Å². The number of benzene rings is 1. The van der Waals surface area contributed by atoms with Crippen LogP contribution in [0.15, 0.2) is 18.2 Å². The van der Waals surface area contributed by atoms with Crippen LogP contribution in [0.25, 0.3) is 0 Å². The fourth-order valence-corrected chi connectivity index (χ4v) is 2.19. The Morgan fingerprint density at radius 2 is 1.83 bits per heavy atom. The lowest BCUT2D eigenvalue weighted by Crippen LogP contribution is -3.14. The van der Waals surface area contributed by atoms with Gasteiger partial charge in [0.15, 0.2) is 13.1 Å². The predicted octanol–water partition coefficient (Wildman–Crippen LogP) is 1.24. The lowest BCUT2D eigenvalue weighted by molar-refractivity contribution is -0.881. The fourth-order valence-electron chi connectivity index (χ4n) is 2.01. The van der Waals surface area contributed by atoms with Crippen LogP contribution in [-0.2, 0) is 9.59 Å². The maximum absolute atomic E-state index is 13.1. The van der Waals surface area contributed by atoms with Crippen molar-refractivity contribution in [2.24, 2.45) is 0 Å². The van der Waals surface area contributed by atoms with E-state index in [9.17, 15) is 14.0 Å². The number of hydrogen-bond donors (Lipinski definition) is 3. The number of carbonyl (C=O) groups excluding carboxylic acids is 2. The largest absolute Gasteiger partial charge is 0.347 e. The standard InChI is InChI=1S/C16H23ClFN3O2/c1-5-21(10-15(23)20-16(2,3)4)9-14(22)19-11-6-7-13(18)12(17)8-11/h6-8H,5,9-10H2,1-4H3,(H,19,22)(H,20,23)/p+1. The lowest BCUT2D eigenvalue weighted by Gasteiger charge is -2.23. The van der Waals surface area contributed by atoms with Gasteiger partial charge in [0.2, 0.25) is 0 Å². The van der Waals surface area contributed by atoms with Crippen molar-refractivity contribution in [3.05, 3.63) is 29.0 Å². The highest BCUT2D eigenvalue weighted by Gasteiger charge is 2.20. The summed E-state index contributed by atoms with van der Waals surface area (Å²) < 4.78 is 13.1. The molecule has 128 valence electrons. The van der Waals surface area contributed by atoms with Crippen LogP contribution >= 0.6 is 11.6 Å². The van der Waals surface area contributed by atoms with Gasteiger partial charge in [0.25, 0.3) is 11.8 Å². The summed E-state index contributed by atoms with van der Waals surface area (Å²) in [6.07, 6.45) is 0. The smallest absolute Gasteiger partial charge is 0.279 e. The van der Waals surface area contributed by atoms with Crippen molar-refractivity contribution in [3.63, 3.8) is 0 Å². The maximum atomic E-state index is 13.1. The van der Waals surface area contributed by atoms with Crippen LogP contribution < -0.4 is 15.5 Å². The molecule has 0 aliphatic rings. The van der Waals surface area contributed by atoms with Gasteiger partial charge < -0.3 is 15.5 Å². The number of amides is 2.